The van der Waals surface area contributed by atoms with E-state index in [0.29, 0.717) is 0 Å². The maximum absolute atomic E-state index is 5.44. The Kier molecular flexibility index (Phi) is 2.68. The van der Waals surface area contributed by atoms with Crippen molar-refractivity contribution < 1.29 is 4.74 Å². The van der Waals surface area contributed by atoms with Gasteiger partial charge in [0.15, 0.2) is 0 Å². The molecule has 0 aromatic heterocycles. The molecule has 0 fully saturated rings. The average Bonchev–Trinajstić information content (AvgIpc) is 2.26. The van der Waals surface area contributed by atoms with E-state index in [-0.39, 0.29) is 0 Å². The van der Waals surface area contributed by atoms with E-state index in [1.54, 1.807) is 0 Å². The first-order valence-corrected chi connectivity index (χ1v) is 4.87. The highest BCUT2D eigenvalue weighted by Gasteiger charge is 1.95. The summed E-state index contributed by atoms with van der Waals surface area (Å²) in [6.07, 6.45) is 0.923. The third-order valence-electron chi connectivity index (χ3n) is 2.11. The van der Waals surface area contributed by atoms with Crippen LogP contribution in [0.25, 0.3) is 10.8 Å². The number of hydrogen-bond acceptors (Lipinski definition) is 1. The maximum atomic E-state index is 5.44. The summed E-state index contributed by atoms with van der Waals surface area (Å²) >= 11 is 0. The minimum atomic E-state index is 0.908. The van der Waals surface area contributed by atoms with E-state index in [2.05, 4.69) is 31.2 Å². The van der Waals surface area contributed by atoms with Gasteiger partial charge in [0, 0.05) is 0 Å². The van der Waals surface area contributed by atoms with Gasteiger partial charge >= 0.3 is 0 Å². The normalized spacial score (nSPS) is 10.4. The van der Waals surface area contributed by atoms with Gasteiger partial charge in [-0.15, -0.1) is 0 Å². The Morgan fingerprint density at radius 3 is 2.64 bits per heavy atom. The predicted octanol–water partition coefficient (Wildman–Crippen LogP) is 3.79. The first-order valence-electron chi connectivity index (χ1n) is 4.87. The Hall–Kier alpha value is -1.50. The zero-order valence-electron chi connectivity index (χ0n) is 8.23. The molecule has 0 saturated heterocycles. The van der Waals surface area contributed by atoms with Gasteiger partial charge in [-0.3, -0.25) is 0 Å². The number of rotatable bonds is 3. The molecule has 0 N–H and O–H groups in total. The molecular weight excluding hydrogens is 172 g/mol. The second-order valence-electron chi connectivity index (χ2n) is 3.20. The molecule has 0 spiro atoms. The topological polar surface area (TPSA) is 9.23 Å². The minimum Gasteiger partial charge on any atom is -0.487 e. The molecule has 14 heavy (non-hydrogen) atoms. The molecule has 0 aliphatic heterocycles. The van der Waals surface area contributed by atoms with Crippen LogP contribution in [0.15, 0.2) is 42.5 Å². The zero-order chi connectivity index (χ0) is 9.80. The Balaban J connectivity index is 2.32. The quantitative estimate of drug-likeness (QED) is 0.706. The van der Waals surface area contributed by atoms with Crippen LogP contribution in [-0.4, -0.2) is 0 Å². The Bertz CT molecular complexity index is 420. The number of benzene rings is 2. The van der Waals surface area contributed by atoms with E-state index >= 15 is 0 Å². The molecule has 1 heteroatoms. The van der Waals surface area contributed by atoms with E-state index in [0.717, 1.165) is 12.2 Å². The molecule has 71 valence electrons. The minimum absolute atomic E-state index is 0.908. The summed E-state index contributed by atoms with van der Waals surface area (Å²) in [5.74, 6) is 0.908. The van der Waals surface area contributed by atoms with Gasteiger partial charge in [-0.2, -0.15) is 0 Å². The summed E-state index contributed by atoms with van der Waals surface area (Å²) in [6.45, 7) is 3.87. The largest absolute Gasteiger partial charge is 0.487 e. The fourth-order valence-electron chi connectivity index (χ4n) is 1.42. The zero-order valence-corrected chi connectivity index (χ0v) is 8.23. The monoisotopic (exact) mass is 185 g/mol. The molecule has 0 unspecified atom stereocenters. The van der Waals surface area contributed by atoms with Crippen LogP contribution in [0.1, 0.15) is 13.3 Å². The van der Waals surface area contributed by atoms with E-state index < -0.39 is 0 Å². The summed E-state index contributed by atoms with van der Waals surface area (Å²) in [4.78, 5) is 0. The van der Waals surface area contributed by atoms with Crippen molar-refractivity contribution in [3.05, 3.63) is 49.1 Å². The van der Waals surface area contributed by atoms with Gasteiger partial charge in [-0.05, 0) is 29.3 Å². The molecule has 2 rings (SSSR count). The molecule has 0 aliphatic carbocycles. The standard InChI is InChI=1S/C13H13O/c1-2-9-14-13-8-7-11-5-3-4-6-12(11)10-13/h3-10H,2H2,1H3. The molecule has 1 nitrogen and oxygen atoms in total. The summed E-state index contributed by atoms with van der Waals surface area (Å²) in [6, 6.07) is 14.4. The third kappa shape index (κ3) is 1.87. The van der Waals surface area contributed by atoms with Crippen molar-refractivity contribution in [1.29, 1.82) is 0 Å². The SMILES string of the molecule is CC[CH]Oc1ccc2ccccc2c1. The van der Waals surface area contributed by atoms with Crippen molar-refractivity contribution in [2.24, 2.45) is 0 Å². The number of fused-ring (bicyclic) bond motifs is 1. The summed E-state index contributed by atoms with van der Waals surface area (Å²) < 4.78 is 5.44. The van der Waals surface area contributed by atoms with Crippen molar-refractivity contribution in [1.82, 2.24) is 0 Å². The summed E-state index contributed by atoms with van der Waals surface area (Å²) in [5.41, 5.74) is 0. The summed E-state index contributed by atoms with van der Waals surface area (Å²) in [5, 5.41) is 2.46. The van der Waals surface area contributed by atoms with E-state index in [1.807, 2.05) is 24.8 Å². The number of ether oxygens (including phenoxy) is 1. The molecule has 0 saturated carbocycles. The fraction of sp³-hybridized carbons (Fsp3) is 0.154. The Morgan fingerprint density at radius 2 is 1.86 bits per heavy atom. The molecule has 0 bridgehead atoms. The highest BCUT2D eigenvalue weighted by Crippen LogP contribution is 2.20. The van der Waals surface area contributed by atoms with Crippen LogP contribution in [0.5, 0.6) is 5.75 Å². The summed E-state index contributed by atoms with van der Waals surface area (Å²) in [7, 11) is 0. The second kappa shape index (κ2) is 4.14. The van der Waals surface area contributed by atoms with Crippen LogP contribution in [0, 0.1) is 6.61 Å². The van der Waals surface area contributed by atoms with E-state index in [1.165, 1.54) is 10.8 Å². The smallest absolute Gasteiger partial charge is 0.135 e. The predicted molar refractivity (Wildman–Crippen MR) is 59.2 cm³/mol. The highest BCUT2D eigenvalue weighted by atomic mass is 16.5. The van der Waals surface area contributed by atoms with E-state index in [4.69, 9.17) is 4.74 Å². The Morgan fingerprint density at radius 1 is 1.07 bits per heavy atom. The van der Waals surface area contributed by atoms with Gasteiger partial charge in [0.25, 0.3) is 0 Å². The molecule has 2 aromatic carbocycles. The molecule has 2 aromatic rings. The van der Waals surface area contributed by atoms with Gasteiger partial charge < -0.3 is 4.74 Å². The lowest BCUT2D eigenvalue weighted by Crippen LogP contribution is -1.87. The third-order valence-corrected chi connectivity index (χ3v) is 2.11. The van der Waals surface area contributed by atoms with Crippen LogP contribution in [0.3, 0.4) is 0 Å². The first-order chi connectivity index (χ1) is 6.90. The molecular formula is C13H13O. The van der Waals surface area contributed by atoms with Crippen molar-refractivity contribution in [3.63, 3.8) is 0 Å². The maximum Gasteiger partial charge on any atom is 0.135 e. The van der Waals surface area contributed by atoms with Gasteiger partial charge in [0.05, 0.1) is 0 Å². The van der Waals surface area contributed by atoms with Crippen LogP contribution in [0.4, 0.5) is 0 Å². The van der Waals surface area contributed by atoms with Crippen molar-refractivity contribution in [3.8, 4) is 5.75 Å². The van der Waals surface area contributed by atoms with Gasteiger partial charge in [-0.25, -0.2) is 0 Å². The van der Waals surface area contributed by atoms with Crippen LogP contribution in [0.2, 0.25) is 0 Å². The van der Waals surface area contributed by atoms with Crippen LogP contribution >= 0.6 is 0 Å². The Labute approximate surface area is 84.3 Å². The molecule has 1 radical (unpaired) electrons. The molecule has 0 amide bonds. The van der Waals surface area contributed by atoms with Crippen molar-refractivity contribution in [2.45, 2.75) is 13.3 Å². The molecule has 0 heterocycles. The first kappa shape index (κ1) is 9.07. The van der Waals surface area contributed by atoms with E-state index in [9.17, 15) is 0 Å². The van der Waals surface area contributed by atoms with Gasteiger partial charge in [0.1, 0.15) is 12.4 Å². The van der Waals surface area contributed by atoms with Gasteiger partial charge in [-0.1, -0.05) is 37.3 Å². The van der Waals surface area contributed by atoms with Crippen molar-refractivity contribution in [2.75, 3.05) is 0 Å². The average molecular weight is 185 g/mol. The molecule has 0 aliphatic rings. The van der Waals surface area contributed by atoms with Crippen LogP contribution < -0.4 is 4.74 Å². The van der Waals surface area contributed by atoms with Crippen LogP contribution in [-0.2, 0) is 0 Å². The molecule has 0 atom stereocenters. The van der Waals surface area contributed by atoms with Gasteiger partial charge in [0.2, 0.25) is 0 Å². The fourth-order valence-corrected chi connectivity index (χ4v) is 1.42. The lowest BCUT2D eigenvalue weighted by atomic mass is 10.1. The second-order valence-corrected chi connectivity index (χ2v) is 3.20. The van der Waals surface area contributed by atoms with Crippen molar-refractivity contribution >= 4 is 10.8 Å². The number of hydrogen-bond donors (Lipinski definition) is 0. The highest BCUT2D eigenvalue weighted by molar-refractivity contribution is 5.83. The lowest BCUT2D eigenvalue weighted by Gasteiger charge is -2.04. The lowest BCUT2D eigenvalue weighted by molar-refractivity contribution is 0.398.